The molecule has 1 atom stereocenters. The summed E-state index contributed by atoms with van der Waals surface area (Å²) in [6, 6.07) is 10.5. The molecule has 0 aliphatic carbocycles. The standard InChI is InChI=1S/C26H38N6O3S.2ClH/c1-20(2)16-32-24-23(25(34)28(3)26(32)35)31(19-27-24)18-21(33)17-30-13-11-29(12-14-30)10-7-15-36-22-8-5-4-6-9-22;;/h4-6,8-9,19-21,33H,7,10-18H2,1-3H3;2*1H. The second-order valence-electron chi connectivity index (χ2n) is 10.0. The minimum atomic E-state index is -0.633. The van der Waals surface area contributed by atoms with Gasteiger partial charge in [-0.25, -0.2) is 9.78 Å². The molecule has 3 aromatic rings. The fraction of sp³-hybridized carbons (Fsp3) is 0.577. The van der Waals surface area contributed by atoms with Crippen molar-refractivity contribution in [2.75, 3.05) is 45.0 Å². The summed E-state index contributed by atoms with van der Waals surface area (Å²) in [5.41, 5.74) is 0.0281. The summed E-state index contributed by atoms with van der Waals surface area (Å²) in [5.74, 6) is 1.35. The topological polar surface area (TPSA) is 88.5 Å². The maximum absolute atomic E-state index is 12.9. The maximum atomic E-state index is 12.9. The highest BCUT2D eigenvalue weighted by Crippen LogP contribution is 2.18. The Kier molecular flexibility index (Phi) is 12.9. The van der Waals surface area contributed by atoms with Gasteiger partial charge in [-0.05, 0) is 36.8 Å². The fourth-order valence-corrected chi connectivity index (χ4v) is 5.61. The van der Waals surface area contributed by atoms with Crippen molar-refractivity contribution >= 4 is 47.7 Å². The average molecular weight is 588 g/mol. The fourth-order valence-electron chi connectivity index (χ4n) is 4.75. The average Bonchev–Trinajstić information content (AvgIpc) is 3.28. The Morgan fingerprint density at radius 3 is 2.29 bits per heavy atom. The van der Waals surface area contributed by atoms with Crippen molar-refractivity contribution < 1.29 is 5.11 Å². The molecule has 0 saturated carbocycles. The minimum absolute atomic E-state index is 0. The van der Waals surface area contributed by atoms with Gasteiger partial charge in [0, 0.05) is 51.2 Å². The number of rotatable bonds is 11. The van der Waals surface area contributed by atoms with E-state index in [9.17, 15) is 14.7 Å². The Morgan fingerprint density at radius 2 is 1.63 bits per heavy atom. The number of fused-ring (bicyclic) bond motifs is 1. The molecule has 4 rings (SSSR count). The van der Waals surface area contributed by atoms with Crippen molar-refractivity contribution in [3.8, 4) is 0 Å². The predicted octanol–water partition coefficient (Wildman–Crippen LogP) is 2.56. The molecule has 38 heavy (non-hydrogen) atoms. The van der Waals surface area contributed by atoms with E-state index in [1.165, 1.54) is 11.9 Å². The molecule has 2 aromatic heterocycles. The lowest BCUT2D eigenvalue weighted by Crippen LogP contribution is -2.49. The van der Waals surface area contributed by atoms with E-state index in [1.807, 2.05) is 31.7 Å². The number of hydrogen-bond donors (Lipinski definition) is 1. The van der Waals surface area contributed by atoms with Crippen LogP contribution in [0.2, 0.25) is 0 Å². The van der Waals surface area contributed by atoms with Gasteiger partial charge in [-0.1, -0.05) is 32.0 Å². The van der Waals surface area contributed by atoms with Crippen molar-refractivity contribution in [2.45, 2.75) is 44.4 Å². The van der Waals surface area contributed by atoms with Crippen molar-refractivity contribution in [3.63, 3.8) is 0 Å². The van der Waals surface area contributed by atoms with E-state index in [4.69, 9.17) is 0 Å². The molecule has 0 spiro atoms. The van der Waals surface area contributed by atoms with Crippen molar-refractivity contribution in [2.24, 2.45) is 13.0 Å². The monoisotopic (exact) mass is 586 g/mol. The summed E-state index contributed by atoms with van der Waals surface area (Å²) < 4.78 is 4.38. The molecule has 212 valence electrons. The first-order valence-electron chi connectivity index (χ1n) is 12.8. The molecule has 1 fully saturated rings. The third-order valence-electron chi connectivity index (χ3n) is 6.62. The lowest BCUT2D eigenvalue weighted by atomic mass is 10.2. The van der Waals surface area contributed by atoms with Crippen molar-refractivity contribution in [3.05, 3.63) is 57.5 Å². The molecule has 0 bridgehead atoms. The molecule has 0 radical (unpaired) electrons. The highest BCUT2D eigenvalue weighted by molar-refractivity contribution is 7.99. The first-order chi connectivity index (χ1) is 17.3. The molecule has 1 N–H and O–H groups in total. The Labute approximate surface area is 240 Å². The molecule has 1 unspecified atom stereocenters. The second kappa shape index (κ2) is 15.1. The first kappa shape index (κ1) is 32.4. The second-order valence-corrected chi connectivity index (χ2v) is 11.2. The quantitative estimate of drug-likeness (QED) is 0.273. The third kappa shape index (κ3) is 8.09. The van der Waals surface area contributed by atoms with Crippen LogP contribution in [-0.2, 0) is 20.1 Å². The van der Waals surface area contributed by atoms with Gasteiger partial charge >= 0.3 is 5.69 Å². The first-order valence-corrected chi connectivity index (χ1v) is 13.8. The van der Waals surface area contributed by atoms with Crippen LogP contribution in [0.5, 0.6) is 0 Å². The summed E-state index contributed by atoms with van der Waals surface area (Å²) in [5, 5.41) is 10.8. The minimum Gasteiger partial charge on any atom is -0.390 e. The zero-order chi connectivity index (χ0) is 25.7. The van der Waals surface area contributed by atoms with E-state index in [1.54, 1.807) is 15.5 Å². The number of nitrogens with zero attached hydrogens (tertiary/aromatic N) is 6. The molecule has 1 aliphatic rings. The third-order valence-corrected chi connectivity index (χ3v) is 7.72. The van der Waals surface area contributed by atoms with Crippen LogP contribution >= 0.6 is 36.6 Å². The number of β-amino-alcohol motifs (C(OH)–C–C–N with tert-alkyl or cyclic N) is 1. The number of piperazine rings is 1. The Balaban J connectivity index is 0.00000253. The van der Waals surface area contributed by atoms with Gasteiger partial charge in [0.2, 0.25) is 0 Å². The molecular weight excluding hydrogens is 547 g/mol. The van der Waals surface area contributed by atoms with Gasteiger partial charge in [-0.3, -0.25) is 18.8 Å². The number of aromatic nitrogens is 4. The number of aliphatic hydroxyl groups excluding tert-OH is 1. The van der Waals surface area contributed by atoms with Gasteiger partial charge in [0.1, 0.15) is 0 Å². The number of hydrogen-bond acceptors (Lipinski definition) is 7. The number of aliphatic hydroxyl groups is 1. The van der Waals surface area contributed by atoms with Crippen LogP contribution in [0.25, 0.3) is 11.2 Å². The maximum Gasteiger partial charge on any atom is 0.332 e. The van der Waals surface area contributed by atoms with Crippen LogP contribution in [-0.4, -0.2) is 84.7 Å². The van der Waals surface area contributed by atoms with E-state index < -0.39 is 6.10 Å². The van der Waals surface area contributed by atoms with E-state index in [0.717, 1.165) is 49.5 Å². The van der Waals surface area contributed by atoms with Crippen LogP contribution < -0.4 is 11.2 Å². The zero-order valence-corrected chi connectivity index (χ0v) is 24.8. The molecule has 9 nitrogen and oxygen atoms in total. The Hall–Kier alpha value is -1.82. The van der Waals surface area contributed by atoms with Crippen LogP contribution in [0.3, 0.4) is 0 Å². The lowest BCUT2D eigenvalue weighted by molar-refractivity contribution is 0.0650. The van der Waals surface area contributed by atoms with Crippen LogP contribution in [0.4, 0.5) is 0 Å². The van der Waals surface area contributed by atoms with Crippen molar-refractivity contribution in [1.29, 1.82) is 0 Å². The van der Waals surface area contributed by atoms with Gasteiger partial charge in [-0.15, -0.1) is 36.6 Å². The summed E-state index contributed by atoms with van der Waals surface area (Å²) in [6.07, 6.45) is 2.09. The number of benzene rings is 1. The molecule has 1 saturated heterocycles. The number of imidazole rings is 1. The van der Waals surface area contributed by atoms with Crippen molar-refractivity contribution in [1.82, 2.24) is 28.5 Å². The van der Waals surface area contributed by atoms with Crippen LogP contribution in [0, 0.1) is 5.92 Å². The van der Waals surface area contributed by atoms with Gasteiger partial charge < -0.3 is 14.6 Å². The molecule has 1 aliphatic heterocycles. The molecule has 0 amide bonds. The van der Waals surface area contributed by atoms with Gasteiger partial charge in [0.15, 0.2) is 11.2 Å². The Bertz CT molecular complexity index is 1260. The summed E-state index contributed by atoms with van der Waals surface area (Å²) in [7, 11) is 1.49. The smallest absolute Gasteiger partial charge is 0.332 e. The summed E-state index contributed by atoms with van der Waals surface area (Å²) in [6.45, 7) is 10.3. The number of halogens is 2. The van der Waals surface area contributed by atoms with Crippen LogP contribution in [0.1, 0.15) is 20.3 Å². The molecular formula is C26H40Cl2N6O3S. The molecule has 1 aromatic carbocycles. The van der Waals surface area contributed by atoms with Gasteiger partial charge in [0.25, 0.3) is 5.56 Å². The highest BCUT2D eigenvalue weighted by Gasteiger charge is 2.22. The van der Waals surface area contributed by atoms with E-state index in [0.29, 0.717) is 24.3 Å². The summed E-state index contributed by atoms with van der Waals surface area (Å²) >= 11 is 1.91. The predicted molar refractivity (Wildman–Crippen MR) is 159 cm³/mol. The SMILES string of the molecule is CC(C)Cn1c(=O)n(C)c(=O)c2c1ncn2CC(O)CN1CCN(CCCSc2ccccc2)CC1.Cl.Cl. The van der Waals surface area contributed by atoms with E-state index >= 15 is 0 Å². The Morgan fingerprint density at radius 1 is 0.974 bits per heavy atom. The number of thioether (sulfide) groups is 1. The normalized spacial score (nSPS) is 15.4. The van der Waals surface area contributed by atoms with E-state index in [2.05, 4.69) is 39.0 Å². The molecule has 3 heterocycles. The van der Waals surface area contributed by atoms with Gasteiger partial charge in [0.05, 0.1) is 19.0 Å². The van der Waals surface area contributed by atoms with Gasteiger partial charge in [-0.2, -0.15) is 0 Å². The lowest BCUT2D eigenvalue weighted by Gasteiger charge is -2.35. The zero-order valence-electron chi connectivity index (χ0n) is 22.4. The summed E-state index contributed by atoms with van der Waals surface area (Å²) in [4.78, 5) is 36.0. The van der Waals surface area contributed by atoms with Crippen LogP contribution in [0.15, 0.2) is 51.1 Å². The highest BCUT2D eigenvalue weighted by atomic mass is 35.5. The molecule has 12 heteroatoms. The van der Waals surface area contributed by atoms with E-state index in [-0.39, 0.29) is 48.5 Å². The largest absolute Gasteiger partial charge is 0.390 e.